The first-order chi connectivity index (χ1) is 13.5. The first-order valence-electron chi connectivity index (χ1n) is 12.4. The van der Waals surface area contributed by atoms with Gasteiger partial charge >= 0.3 is 0 Å². The fourth-order valence-corrected chi connectivity index (χ4v) is 8.78. The summed E-state index contributed by atoms with van der Waals surface area (Å²) in [6.45, 7) is 9.03. The Kier molecular flexibility index (Phi) is 5.44. The molecule has 164 valence electrons. The third-order valence-corrected chi connectivity index (χ3v) is 10.7. The van der Waals surface area contributed by atoms with Crippen LogP contribution in [0.3, 0.4) is 0 Å². The molecule has 2 nitrogen and oxygen atoms in total. The van der Waals surface area contributed by atoms with Gasteiger partial charge in [0.2, 0.25) is 0 Å². The average molecular weight is 401 g/mol. The second-order valence-electron chi connectivity index (χ2n) is 12.5. The van der Waals surface area contributed by atoms with E-state index in [1.54, 1.807) is 6.92 Å². The normalized spacial score (nSPS) is 51.3. The molecule has 0 aromatic heterocycles. The predicted molar refractivity (Wildman–Crippen MR) is 119 cm³/mol. The maximum absolute atomic E-state index is 10.7. The Bertz CT molecular complexity index is 658. The summed E-state index contributed by atoms with van der Waals surface area (Å²) in [5.74, 6) is 6.73. The average Bonchev–Trinajstić information content (AvgIpc) is 2.99. The van der Waals surface area contributed by atoms with Crippen molar-refractivity contribution < 1.29 is 10.2 Å². The lowest BCUT2D eigenvalue weighted by Crippen LogP contribution is -2.55. The highest BCUT2D eigenvalue weighted by Gasteiger charge is 2.60. The molecule has 2 heteroatoms. The topological polar surface area (TPSA) is 40.5 Å². The Morgan fingerprint density at radius 2 is 1.69 bits per heavy atom. The molecule has 7 unspecified atom stereocenters. The van der Waals surface area contributed by atoms with Crippen LogP contribution in [0.15, 0.2) is 0 Å². The van der Waals surface area contributed by atoms with Crippen LogP contribution in [0.1, 0.15) is 105 Å². The van der Waals surface area contributed by atoms with Crippen LogP contribution in [-0.4, -0.2) is 21.4 Å². The van der Waals surface area contributed by atoms with E-state index < -0.39 is 11.2 Å². The van der Waals surface area contributed by atoms with Crippen LogP contribution in [0.2, 0.25) is 0 Å². The van der Waals surface area contributed by atoms with Gasteiger partial charge < -0.3 is 10.2 Å². The van der Waals surface area contributed by atoms with Crippen LogP contribution in [0.5, 0.6) is 0 Å². The Morgan fingerprint density at radius 3 is 2.41 bits per heavy atom. The minimum atomic E-state index is -0.939. The van der Waals surface area contributed by atoms with E-state index in [-0.39, 0.29) is 0 Å². The van der Waals surface area contributed by atoms with E-state index in [4.69, 9.17) is 6.42 Å². The van der Waals surface area contributed by atoms with Gasteiger partial charge in [0.1, 0.15) is 5.60 Å². The summed E-state index contributed by atoms with van der Waals surface area (Å²) in [4.78, 5) is 0. The van der Waals surface area contributed by atoms with Gasteiger partial charge in [0, 0.05) is 0 Å². The van der Waals surface area contributed by atoms with E-state index in [1.165, 1.54) is 51.4 Å². The zero-order chi connectivity index (χ0) is 21.1. The van der Waals surface area contributed by atoms with Gasteiger partial charge in [-0.2, -0.15) is 0 Å². The molecule has 0 spiro atoms. The molecule has 0 aromatic carbocycles. The molecule has 9 atom stereocenters. The lowest BCUT2D eigenvalue weighted by molar-refractivity contribution is -0.146. The molecule has 0 saturated heterocycles. The van der Waals surface area contributed by atoms with E-state index in [2.05, 4.69) is 26.7 Å². The molecule has 4 aliphatic carbocycles. The zero-order valence-electron chi connectivity index (χ0n) is 19.3. The van der Waals surface area contributed by atoms with Gasteiger partial charge in [0.25, 0.3) is 0 Å². The maximum atomic E-state index is 10.7. The van der Waals surface area contributed by atoms with Crippen LogP contribution in [0.25, 0.3) is 0 Å². The second kappa shape index (κ2) is 7.27. The molecule has 0 bridgehead atoms. The fraction of sp³-hybridized carbons (Fsp3) is 0.926. The lowest BCUT2D eigenvalue weighted by Gasteiger charge is -2.62. The molecule has 0 aliphatic heterocycles. The molecule has 29 heavy (non-hydrogen) atoms. The molecule has 0 aromatic rings. The van der Waals surface area contributed by atoms with Crippen LogP contribution >= 0.6 is 0 Å². The number of rotatable bonds is 4. The third kappa shape index (κ3) is 3.70. The van der Waals surface area contributed by atoms with Crippen LogP contribution < -0.4 is 0 Å². The summed E-state index contributed by atoms with van der Waals surface area (Å²) >= 11 is 0. The van der Waals surface area contributed by atoms with E-state index in [1.807, 2.05) is 0 Å². The number of hydrogen-bond donors (Lipinski definition) is 2. The number of fused-ring (bicyclic) bond motifs is 5. The van der Waals surface area contributed by atoms with Gasteiger partial charge in [-0.15, -0.1) is 6.42 Å². The summed E-state index contributed by atoms with van der Waals surface area (Å²) < 4.78 is 0. The molecular weight excluding hydrogens is 356 g/mol. The summed E-state index contributed by atoms with van der Waals surface area (Å²) in [7, 11) is 0. The lowest BCUT2D eigenvalue weighted by atomic mass is 9.44. The van der Waals surface area contributed by atoms with Crippen molar-refractivity contribution in [1.82, 2.24) is 0 Å². The summed E-state index contributed by atoms with van der Waals surface area (Å²) in [5.41, 5.74) is -0.424. The third-order valence-electron chi connectivity index (χ3n) is 10.7. The van der Waals surface area contributed by atoms with Crippen LogP contribution in [-0.2, 0) is 0 Å². The number of hydrogen-bond acceptors (Lipinski definition) is 2. The zero-order valence-corrected chi connectivity index (χ0v) is 19.3. The van der Waals surface area contributed by atoms with E-state index in [9.17, 15) is 10.2 Å². The van der Waals surface area contributed by atoms with Crippen LogP contribution in [0, 0.1) is 52.8 Å². The van der Waals surface area contributed by atoms with Crippen molar-refractivity contribution in [3.63, 3.8) is 0 Å². The molecule has 4 fully saturated rings. The minimum absolute atomic E-state index is 0.432. The smallest absolute Gasteiger partial charge is 0.122 e. The van der Waals surface area contributed by atoms with Gasteiger partial charge in [0.15, 0.2) is 0 Å². The van der Waals surface area contributed by atoms with Crippen molar-refractivity contribution in [3.05, 3.63) is 0 Å². The van der Waals surface area contributed by atoms with E-state index in [0.29, 0.717) is 10.8 Å². The van der Waals surface area contributed by atoms with Crippen molar-refractivity contribution in [2.24, 2.45) is 40.4 Å². The van der Waals surface area contributed by atoms with Crippen molar-refractivity contribution in [2.45, 2.75) is 116 Å². The standard InChI is InChI=1S/C27H44O2/c1-6-24(2,28)14-7-8-19-10-12-22-21-11-9-20-18-25(3,29)16-17-27(20,5)23(21)13-15-26(19,22)4/h1,19-23,28-29H,7-18H2,2-5H3/t19?,20?,21?,22?,23?,24-,25-,26?,27?/m0/s1. The molecule has 0 heterocycles. The van der Waals surface area contributed by atoms with Crippen LogP contribution in [0.4, 0.5) is 0 Å². The van der Waals surface area contributed by atoms with Crippen molar-refractivity contribution in [3.8, 4) is 12.3 Å². The van der Waals surface area contributed by atoms with E-state index in [0.717, 1.165) is 55.3 Å². The first-order valence-corrected chi connectivity index (χ1v) is 12.4. The molecular formula is C27H44O2. The molecule has 0 amide bonds. The van der Waals surface area contributed by atoms with Gasteiger partial charge in [-0.05, 0) is 131 Å². The highest BCUT2D eigenvalue weighted by molar-refractivity contribution is 5.10. The Hall–Kier alpha value is -0.520. The highest BCUT2D eigenvalue weighted by atomic mass is 16.3. The SMILES string of the molecule is C#C[C@](C)(O)CCCC1CCC2C3CCC4C[C@@](C)(O)CCC4(C)C3CCC12C. The molecule has 4 saturated carbocycles. The van der Waals surface area contributed by atoms with Crippen molar-refractivity contribution in [1.29, 1.82) is 0 Å². The fourth-order valence-electron chi connectivity index (χ4n) is 8.78. The van der Waals surface area contributed by atoms with Gasteiger partial charge in [-0.25, -0.2) is 0 Å². The largest absolute Gasteiger partial charge is 0.390 e. The van der Waals surface area contributed by atoms with Crippen molar-refractivity contribution >= 4 is 0 Å². The van der Waals surface area contributed by atoms with Gasteiger partial charge in [0.05, 0.1) is 5.60 Å². The Balaban J connectivity index is 1.45. The first kappa shape index (κ1) is 21.7. The summed E-state index contributed by atoms with van der Waals surface area (Å²) in [6.07, 6.45) is 20.0. The molecule has 0 radical (unpaired) electrons. The maximum Gasteiger partial charge on any atom is 0.122 e. The Morgan fingerprint density at radius 1 is 0.966 bits per heavy atom. The van der Waals surface area contributed by atoms with Gasteiger partial charge in [-0.3, -0.25) is 0 Å². The molecule has 2 N–H and O–H groups in total. The second-order valence-corrected chi connectivity index (χ2v) is 12.5. The number of aliphatic hydroxyl groups is 2. The Labute approximate surface area is 179 Å². The summed E-state index contributed by atoms with van der Waals surface area (Å²) in [6, 6.07) is 0. The van der Waals surface area contributed by atoms with E-state index >= 15 is 0 Å². The number of terminal acetylenes is 1. The van der Waals surface area contributed by atoms with Gasteiger partial charge in [-0.1, -0.05) is 19.8 Å². The predicted octanol–water partition coefficient (Wildman–Crippen LogP) is 5.95. The monoisotopic (exact) mass is 400 g/mol. The van der Waals surface area contributed by atoms with Crippen molar-refractivity contribution in [2.75, 3.05) is 0 Å². The summed E-state index contributed by atoms with van der Waals surface area (Å²) in [5, 5.41) is 20.8. The quantitative estimate of drug-likeness (QED) is 0.572. The molecule has 4 aliphatic rings. The minimum Gasteiger partial charge on any atom is -0.390 e. The highest BCUT2D eigenvalue weighted by Crippen LogP contribution is 2.68. The molecule has 4 rings (SSSR count).